The van der Waals surface area contributed by atoms with Crippen molar-refractivity contribution in [3.05, 3.63) is 64.8 Å². The first-order valence-corrected chi connectivity index (χ1v) is 11.4. The molecule has 1 aliphatic carbocycles. The fourth-order valence-corrected chi connectivity index (χ4v) is 5.10. The van der Waals surface area contributed by atoms with E-state index in [9.17, 15) is 14.0 Å². The first-order chi connectivity index (χ1) is 15.1. The maximum atomic E-state index is 13.2. The van der Waals surface area contributed by atoms with Gasteiger partial charge in [0.05, 0.1) is 5.69 Å². The maximum absolute atomic E-state index is 13.2. The molecule has 2 aromatic carbocycles. The van der Waals surface area contributed by atoms with Crippen molar-refractivity contribution in [3.8, 4) is 11.3 Å². The first-order valence-electron chi connectivity index (χ1n) is 10.6. The second-order valence-corrected chi connectivity index (χ2v) is 8.92. The number of thiazole rings is 1. The van der Waals surface area contributed by atoms with Crippen LogP contribution in [0.25, 0.3) is 11.3 Å². The predicted molar refractivity (Wildman–Crippen MR) is 120 cm³/mol. The van der Waals surface area contributed by atoms with Gasteiger partial charge in [-0.25, -0.2) is 9.37 Å². The van der Waals surface area contributed by atoms with Gasteiger partial charge in [0.1, 0.15) is 5.82 Å². The smallest absolute Gasteiger partial charge is 0.258 e. The van der Waals surface area contributed by atoms with Gasteiger partial charge in [-0.15, -0.1) is 11.3 Å². The van der Waals surface area contributed by atoms with Gasteiger partial charge in [0.2, 0.25) is 5.91 Å². The molecular weight excluding hydrogens is 413 g/mol. The lowest BCUT2D eigenvalue weighted by Crippen LogP contribution is -2.28. The minimum absolute atomic E-state index is 0.0716. The summed E-state index contributed by atoms with van der Waals surface area (Å²) in [6.45, 7) is 0.592. The number of anilines is 2. The van der Waals surface area contributed by atoms with Crippen molar-refractivity contribution in [1.82, 2.24) is 4.98 Å². The number of benzene rings is 2. The predicted octanol–water partition coefficient (Wildman–Crippen LogP) is 5.28. The summed E-state index contributed by atoms with van der Waals surface area (Å²) in [6, 6.07) is 11.6. The van der Waals surface area contributed by atoms with Gasteiger partial charge >= 0.3 is 0 Å². The molecule has 1 aliphatic heterocycles. The summed E-state index contributed by atoms with van der Waals surface area (Å²) in [6.07, 6.45) is 4.92. The number of hydrogen-bond acceptors (Lipinski definition) is 4. The number of fused-ring (bicyclic) bond motifs is 1. The highest BCUT2D eigenvalue weighted by Crippen LogP contribution is 2.34. The highest BCUT2D eigenvalue weighted by atomic mass is 32.1. The standard InChI is InChI=1S/C24H22FN3O2S/c25-19-8-5-16(6-9-19)23(30)28-12-11-18-13-17(7-10-21(18)28)20-14-31-24(26-20)27-22(29)15-3-1-2-4-15/h5-10,13-15H,1-4,11-12H2,(H,26,27,29). The van der Waals surface area contributed by atoms with Crippen LogP contribution in [-0.4, -0.2) is 23.3 Å². The molecule has 0 radical (unpaired) electrons. The quantitative estimate of drug-likeness (QED) is 0.606. The van der Waals surface area contributed by atoms with Gasteiger partial charge < -0.3 is 10.2 Å². The van der Waals surface area contributed by atoms with Crippen molar-refractivity contribution < 1.29 is 14.0 Å². The number of halogens is 1. The van der Waals surface area contributed by atoms with E-state index in [1.54, 1.807) is 4.90 Å². The molecule has 1 aromatic heterocycles. The molecule has 1 saturated carbocycles. The van der Waals surface area contributed by atoms with Crippen molar-refractivity contribution in [3.63, 3.8) is 0 Å². The summed E-state index contributed by atoms with van der Waals surface area (Å²) < 4.78 is 13.2. The topological polar surface area (TPSA) is 62.3 Å². The molecule has 0 spiro atoms. The monoisotopic (exact) mass is 435 g/mol. The van der Waals surface area contributed by atoms with Crippen LogP contribution in [0.2, 0.25) is 0 Å². The summed E-state index contributed by atoms with van der Waals surface area (Å²) in [4.78, 5) is 31.5. The molecule has 1 N–H and O–H groups in total. The van der Waals surface area contributed by atoms with Crippen molar-refractivity contribution in [2.24, 2.45) is 5.92 Å². The van der Waals surface area contributed by atoms with Gasteiger partial charge in [-0.2, -0.15) is 0 Å². The average molecular weight is 436 g/mol. The Kier molecular flexibility index (Phi) is 5.28. The first kappa shape index (κ1) is 19.9. The highest BCUT2D eigenvalue weighted by molar-refractivity contribution is 7.14. The second-order valence-electron chi connectivity index (χ2n) is 8.07. The zero-order chi connectivity index (χ0) is 21.4. The largest absolute Gasteiger partial charge is 0.308 e. The molecule has 158 valence electrons. The molecular formula is C24H22FN3O2S. The number of hydrogen-bond donors (Lipinski definition) is 1. The Morgan fingerprint density at radius 3 is 2.65 bits per heavy atom. The van der Waals surface area contributed by atoms with E-state index < -0.39 is 0 Å². The molecule has 5 rings (SSSR count). The van der Waals surface area contributed by atoms with Crippen LogP contribution in [0.4, 0.5) is 15.2 Å². The number of aromatic nitrogens is 1. The van der Waals surface area contributed by atoms with Crippen LogP contribution < -0.4 is 10.2 Å². The van der Waals surface area contributed by atoms with Crippen LogP contribution in [0.3, 0.4) is 0 Å². The maximum Gasteiger partial charge on any atom is 0.258 e. The summed E-state index contributed by atoms with van der Waals surface area (Å²) in [5, 5.41) is 5.53. The van der Waals surface area contributed by atoms with Crippen LogP contribution in [0.1, 0.15) is 41.6 Å². The third-order valence-corrected chi connectivity index (χ3v) is 6.83. The third kappa shape index (κ3) is 3.97. The Bertz CT molecular complexity index is 1140. The van der Waals surface area contributed by atoms with Crippen molar-refractivity contribution >= 4 is 34.0 Å². The van der Waals surface area contributed by atoms with Crippen LogP contribution in [0, 0.1) is 11.7 Å². The molecule has 0 bridgehead atoms. The SMILES string of the molecule is O=C(Nc1nc(-c2ccc3c(c2)CCN3C(=O)c2ccc(F)cc2)cs1)C1CCCC1. The molecule has 0 unspecified atom stereocenters. The molecule has 2 heterocycles. The Balaban J connectivity index is 1.32. The summed E-state index contributed by atoms with van der Waals surface area (Å²) >= 11 is 1.43. The minimum atomic E-state index is -0.356. The van der Waals surface area contributed by atoms with E-state index in [1.165, 1.54) is 35.6 Å². The van der Waals surface area contributed by atoms with Gasteiger partial charge in [-0.3, -0.25) is 9.59 Å². The fourth-order valence-electron chi connectivity index (χ4n) is 4.38. The number of nitrogens with one attached hydrogen (secondary N) is 1. The van der Waals surface area contributed by atoms with Crippen LogP contribution in [0.5, 0.6) is 0 Å². The molecule has 2 aliphatic rings. The Hall–Kier alpha value is -3.06. The van der Waals surface area contributed by atoms with Gasteiger partial charge in [0, 0.05) is 34.7 Å². The minimum Gasteiger partial charge on any atom is -0.308 e. The molecule has 5 nitrogen and oxygen atoms in total. The zero-order valence-electron chi connectivity index (χ0n) is 16.9. The van der Waals surface area contributed by atoms with E-state index in [0.29, 0.717) is 17.2 Å². The van der Waals surface area contributed by atoms with E-state index in [0.717, 1.165) is 54.6 Å². The summed E-state index contributed by atoms with van der Waals surface area (Å²) in [5.74, 6) is -0.304. The summed E-state index contributed by atoms with van der Waals surface area (Å²) in [5.41, 5.74) is 4.21. The zero-order valence-corrected chi connectivity index (χ0v) is 17.8. The molecule has 1 fully saturated rings. The second kappa shape index (κ2) is 8.23. The van der Waals surface area contributed by atoms with E-state index in [-0.39, 0.29) is 23.5 Å². The van der Waals surface area contributed by atoms with Gasteiger partial charge in [-0.05, 0) is 61.2 Å². The number of nitrogens with zero attached hydrogens (tertiary/aromatic N) is 2. The van der Waals surface area contributed by atoms with E-state index in [4.69, 9.17) is 0 Å². The van der Waals surface area contributed by atoms with E-state index in [2.05, 4.69) is 16.4 Å². The van der Waals surface area contributed by atoms with Crippen molar-refractivity contribution in [1.29, 1.82) is 0 Å². The normalized spacial score (nSPS) is 15.8. The number of amides is 2. The number of rotatable bonds is 4. The molecule has 3 aromatic rings. The Labute approximate surface area is 183 Å². The van der Waals surface area contributed by atoms with Crippen LogP contribution in [-0.2, 0) is 11.2 Å². The summed E-state index contributed by atoms with van der Waals surface area (Å²) in [7, 11) is 0. The Morgan fingerprint density at radius 2 is 1.87 bits per heavy atom. The lowest BCUT2D eigenvalue weighted by Gasteiger charge is -2.17. The number of carbonyl (C=O) groups excluding carboxylic acids is 2. The van der Waals surface area contributed by atoms with Gasteiger partial charge in [0.15, 0.2) is 5.13 Å². The van der Waals surface area contributed by atoms with Gasteiger partial charge in [0.25, 0.3) is 5.91 Å². The molecule has 7 heteroatoms. The third-order valence-electron chi connectivity index (χ3n) is 6.07. The van der Waals surface area contributed by atoms with E-state index in [1.807, 2.05) is 17.5 Å². The fraction of sp³-hybridized carbons (Fsp3) is 0.292. The highest BCUT2D eigenvalue weighted by Gasteiger charge is 2.26. The Morgan fingerprint density at radius 1 is 1.10 bits per heavy atom. The molecule has 2 amide bonds. The molecule has 0 saturated heterocycles. The van der Waals surface area contributed by atoms with Gasteiger partial charge in [-0.1, -0.05) is 18.9 Å². The van der Waals surface area contributed by atoms with Crippen molar-refractivity contribution in [2.75, 3.05) is 16.8 Å². The average Bonchev–Trinajstić information content (AvgIpc) is 3.54. The lowest BCUT2D eigenvalue weighted by molar-refractivity contribution is -0.119. The van der Waals surface area contributed by atoms with Crippen LogP contribution in [0.15, 0.2) is 47.8 Å². The van der Waals surface area contributed by atoms with Crippen molar-refractivity contribution in [2.45, 2.75) is 32.1 Å². The molecule has 31 heavy (non-hydrogen) atoms. The van der Waals surface area contributed by atoms with Crippen LogP contribution >= 0.6 is 11.3 Å². The van der Waals surface area contributed by atoms with E-state index >= 15 is 0 Å². The lowest BCUT2D eigenvalue weighted by atomic mass is 10.1. The number of carbonyl (C=O) groups is 2. The molecule has 0 atom stereocenters.